The van der Waals surface area contributed by atoms with Crippen molar-refractivity contribution in [3.05, 3.63) is 49.3 Å². The third-order valence-corrected chi connectivity index (χ3v) is 3.60. The van der Waals surface area contributed by atoms with Crippen molar-refractivity contribution in [3.8, 4) is 5.75 Å². The molecule has 0 aliphatic carbocycles. The zero-order chi connectivity index (χ0) is 16.8. The number of hydrogen-bond acceptors (Lipinski definition) is 5. The van der Waals surface area contributed by atoms with Gasteiger partial charge in [-0.25, -0.2) is 5.10 Å². The first kappa shape index (κ1) is 17.6. The van der Waals surface area contributed by atoms with Gasteiger partial charge in [0.05, 0.1) is 29.1 Å². The monoisotopic (exact) mass is 374 g/mol. The lowest BCUT2D eigenvalue weighted by molar-refractivity contribution is 0.318. The number of aromatic nitrogens is 2. The van der Waals surface area contributed by atoms with Crippen LogP contribution in [0.4, 0.5) is 5.69 Å². The van der Waals surface area contributed by atoms with Crippen molar-refractivity contribution in [2.45, 2.75) is 13.3 Å². The van der Waals surface area contributed by atoms with Crippen molar-refractivity contribution >= 4 is 46.7 Å². The number of H-pyrrole nitrogens is 1. The van der Waals surface area contributed by atoms with Gasteiger partial charge < -0.3 is 4.74 Å². The maximum Gasteiger partial charge on any atom is 0.285 e. The Bertz CT molecular complexity index is 754. The van der Waals surface area contributed by atoms with Crippen molar-refractivity contribution in [3.63, 3.8) is 0 Å². The average molecular weight is 376 g/mol. The van der Waals surface area contributed by atoms with Crippen molar-refractivity contribution in [2.24, 2.45) is 5.10 Å². The molecule has 9 heteroatoms. The molecular formula is C14H13Cl3N4O2. The lowest BCUT2D eigenvalue weighted by atomic mass is 10.2. The van der Waals surface area contributed by atoms with Crippen LogP contribution in [0.25, 0.3) is 0 Å². The maximum atomic E-state index is 11.3. The number of rotatable bonds is 6. The number of benzene rings is 1. The highest BCUT2D eigenvalue weighted by Crippen LogP contribution is 2.33. The summed E-state index contributed by atoms with van der Waals surface area (Å²) in [6.45, 7) is 2.52. The largest absolute Gasteiger partial charge is 0.490 e. The summed E-state index contributed by atoms with van der Waals surface area (Å²) >= 11 is 18.1. The zero-order valence-corrected chi connectivity index (χ0v) is 14.3. The maximum absolute atomic E-state index is 11.3. The summed E-state index contributed by atoms with van der Waals surface area (Å²) in [5.74, 6) is 0.446. The van der Waals surface area contributed by atoms with Gasteiger partial charge in [0, 0.05) is 0 Å². The molecule has 122 valence electrons. The van der Waals surface area contributed by atoms with Gasteiger partial charge in [0.2, 0.25) is 0 Å². The summed E-state index contributed by atoms with van der Waals surface area (Å²) in [6, 6.07) is 3.34. The van der Waals surface area contributed by atoms with Crippen LogP contribution in [-0.2, 0) is 0 Å². The average Bonchev–Trinajstić information content (AvgIpc) is 2.51. The molecule has 0 bridgehead atoms. The van der Waals surface area contributed by atoms with E-state index in [1.165, 1.54) is 12.4 Å². The lowest BCUT2D eigenvalue weighted by Crippen LogP contribution is -2.10. The minimum Gasteiger partial charge on any atom is -0.490 e. The van der Waals surface area contributed by atoms with E-state index >= 15 is 0 Å². The molecule has 0 saturated heterocycles. The molecule has 0 unspecified atom stereocenters. The molecule has 1 heterocycles. The van der Waals surface area contributed by atoms with E-state index in [9.17, 15) is 4.79 Å². The Balaban J connectivity index is 2.14. The molecule has 1 aromatic heterocycles. The first-order chi connectivity index (χ1) is 11.0. The van der Waals surface area contributed by atoms with E-state index in [0.29, 0.717) is 28.0 Å². The zero-order valence-electron chi connectivity index (χ0n) is 12.1. The quantitative estimate of drug-likeness (QED) is 0.591. The van der Waals surface area contributed by atoms with Gasteiger partial charge in [0.15, 0.2) is 5.75 Å². The van der Waals surface area contributed by atoms with Crippen molar-refractivity contribution in [1.29, 1.82) is 0 Å². The fraction of sp³-hybridized carbons (Fsp3) is 0.214. The second-order valence-electron chi connectivity index (χ2n) is 4.46. The molecule has 2 rings (SSSR count). The first-order valence-corrected chi connectivity index (χ1v) is 7.80. The van der Waals surface area contributed by atoms with Crippen molar-refractivity contribution < 1.29 is 4.74 Å². The number of nitrogens with one attached hydrogen (secondary N) is 2. The van der Waals surface area contributed by atoms with E-state index in [-0.39, 0.29) is 10.7 Å². The van der Waals surface area contributed by atoms with Crippen LogP contribution < -0.4 is 15.7 Å². The van der Waals surface area contributed by atoms with Crippen LogP contribution >= 0.6 is 34.8 Å². The predicted molar refractivity (Wildman–Crippen MR) is 93.3 cm³/mol. The Labute approximate surface area is 147 Å². The van der Waals surface area contributed by atoms with Gasteiger partial charge >= 0.3 is 0 Å². The smallest absolute Gasteiger partial charge is 0.285 e. The Morgan fingerprint density at radius 3 is 2.70 bits per heavy atom. The molecule has 2 N–H and O–H groups in total. The Morgan fingerprint density at radius 1 is 1.35 bits per heavy atom. The van der Waals surface area contributed by atoms with E-state index < -0.39 is 5.56 Å². The van der Waals surface area contributed by atoms with Crippen LogP contribution in [0, 0.1) is 0 Å². The third kappa shape index (κ3) is 4.60. The molecule has 0 atom stereocenters. The summed E-state index contributed by atoms with van der Waals surface area (Å²) in [4.78, 5) is 11.3. The van der Waals surface area contributed by atoms with Crippen molar-refractivity contribution in [1.82, 2.24) is 10.2 Å². The van der Waals surface area contributed by atoms with Gasteiger partial charge in [-0.1, -0.05) is 41.7 Å². The van der Waals surface area contributed by atoms with Crippen LogP contribution in [0.1, 0.15) is 18.9 Å². The number of hydrazone groups is 1. The molecule has 23 heavy (non-hydrogen) atoms. The van der Waals surface area contributed by atoms with Gasteiger partial charge in [0.1, 0.15) is 10.7 Å². The van der Waals surface area contributed by atoms with Crippen LogP contribution in [0.5, 0.6) is 5.75 Å². The number of halogens is 3. The topological polar surface area (TPSA) is 79.4 Å². The number of ether oxygens (including phenoxy) is 1. The fourth-order valence-electron chi connectivity index (χ4n) is 1.63. The summed E-state index contributed by atoms with van der Waals surface area (Å²) in [7, 11) is 0. The Morgan fingerprint density at radius 2 is 2.04 bits per heavy atom. The third-order valence-electron chi connectivity index (χ3n) is 2.67. The molecule has 6 nitrogen and oxygen atoms in total. The number of anilines is 1. The molecule has 0 saturated carbocycles. The van der Waals surface area contributed by atoms with Crippen LogP contribution in [0.3, 0.4) is 0 Å². The SMILES string of the molecule is CCCOc1c(Cl)cc(/C=N\Nc2cn[nH]c(=O)c2Cl)cc1Cl. The summed E-state index contributed by atoms with van der Waals surface area (Å²) < 4.78 is 5.49. The van der Waals surface area contributed by atoms with Crippen LogP contribution in [0.2, 0.25) is 15.1 Å². The first-order valence-electron chi connectivity index (χ1n) is 6.67. The lowest BCUT2D eigenvalue weighted by Gasteiger charge is -2.09. The number of hydrogen-bond donors (Lipinski definition) is 2. The minimum atomic E-state index is -0.504. The van der Waals surface area contributed by atoms with Gasteiger partial charge in [-0.05, 0) is 24.1 Å². The van der Waals surface area contributed by atoms with E-state index in [2.05, 4.69) is 20.7 Å². The minimum absolute atomic E-state index is 0.0310. The van der Waals surface area contributed by atoms with Crippen LogP contribution in [0.15, 0.2) is 28.2 Å². The van der Waals surface area contributed by atoms with E-state index in [4.69, 9.17) is 39.5 Å². The van der Waals surface area contributed by atoms with Gasteiger partial charge in [-0.15, -0.1) is 0 Å². The summed E-state index contributed by atoms with van der Waals surface area (Å²) in [6.07, 6.45) is 3.69. The fourth-order valence-corrected chi connectivity index (χ4v) is 2.38. The van der Waals surface area contributed by atoms with E-state index in [0.717, 1.165) is 6.42 Å². The van der Waals surface area contributed by atoms with Gasteiger partial charge in [0.25, 0.3) is 5.56 Å². The molecule has 0 radical (unpaired) electrons. The summed E-state index contributed by atoms with van der Waals surface area (Å²) in [5, 5.41) is 10.6. The number of aromatic amines is 1. The predicted octanol–water partition coefficient (Wildman–Crippen LogP) is 3.96. The van der Waals surface area contributed by atoms with E-state index in [1.54, 1.807) is 12.1 Å². The second kappa shape index (κ2) is 8.19. The highest BCUT2D eigenvalue weighted by Gasteiger charge is 2.09. The van der Waals surface area contributed by atoms with Gasteiger partial charge in [-0.2, -0.15) is 10.2 Å². The Kier molecular flexibility index (Phi) is 6.27. The second-order valence-corrected chi connectivity index (χ2v) is 5.65. The molecule has 0 spiro atoms. The summed E-state index contributed by atoms with van der Waals surface area (Å²) in [5.41, 5.74) is 3.07. The van der Waals surface area contributed by atoms with Crippen molar-refractivity contribution in [2.75, 3.05) is 12.0 Å². The highest BCUT2D eigenvalue weighted by atomic mass is 35.5. The molecule has 0 amide bonds. The highest BCUT2D eigenvalue weighted by molar-refractivity contribution is 6.37. The molecule has 2 aromatic rings. The van der Waals surface area contributed by atoms with Crippen LogP contribution in [-0.4, -0.2) is 23.0 Å². The molecular weight excluding hydrogens is 363 g/mol. The Hall–Kier alpha value is -1.76. The molecule has 0 aliphatic heterocycles. The molecule has 0 fully saturated rings. The molecule has 0 aliphatic rings. The standard InChI is InChI=1S/C14H13Cl3N4O2/c1-2-3-23-13-9(15)4-8(5-10(13)16)6-18-20-11-7-19-21-14(22)12(11)17/h4-7H,2-3H2,1H3,(H2,20,21,22)/b18-6-. The normalized spacial score (nSPS) is 11.0. The number of nitrogens with zero attached hydrogens (tertiary/aromatic N) is 2. The van der Waals surface area contributed by atoms with Gasteiger partial charge in [-0.3, -0.25) is 10.2 Å². The molecule has 1 aromatic carbocycles. The van der Waals surface area contributed by atoms with E-state index in [1.807, 2.05) is 6.92 Å².